The molecule has 2 N–H and O–H groups in total. The number of nitrogens with one attached hydrogen (secondary N) is 2. The van der Waals surface area contributed by atoms with Crippen LogP contribution >= 0.6 is 11.3 Å². The second-order valence-corrected chi connectivity index (χ2v) is 8.31. The highest BCUT2D eigenvalue weighted by molar-refractivity contribution is 7.15. The van der Waals surface area contributed by atoms with Gasteiger partial charge in [0.1, 0.15) is 5.01 Å². The number of likely N-dealkylation sites (tertiary alicyclic amines) is 1. The summed E-state index contributed by atoms with van der Waals surface area (Å²) in [6, 6.07) is 0.278. The van der Waals surface area contributed by atoms with E-state index in [2.05, 4.69) is 20.8 Å². The molecular weight excluding hydrogens is 338 g/mol. The fourth-order valence-corrected chi connectivity index (χ4v) is 4.19. The summed E-state index contributed by atoms with van der Waals surface area (Å²) in [6.07, 6.45) is 6.17. The number of hydrogen-bond acceptors (Lipinski definition) is 5. The van der Waals surface area contributed by atoms with E-state index in [0.29, 0.717) is 23.6 Å². The Morgan fingerprint density at radius 1 is 1.16 bits per heavy atom. The van der Waals surface area contributed by atoms with E-state index in [0.717, 1.165) is 37.2 Å². The summed E-state index contributed by atoms with van der Waals surface area (Å²) >= 11 is 1.41. The predicted molar refractivity (Wildman–Crippen MR) is 97.7 cm³/mol. The largest absolute Gasteiger partial charge is 0.335 e. The lowest BCUT2D eigenvalue weighted by Crippen LogP contribution is -2.49. The molecule has 138 valence electrons. The van der Waals surface area contributed by atoms with E-state index in [1.54, 1.807) is 4.90 Å². The fourth-order valence-electron chi connectivity index (χ4n) is 3.44. The number of amides is 3. The summed E-state index contributed by atoms with van der Waals surface area (Å²) in [5.74, 6) is 0.0481. The number of piperidine rings is 1. The third-order valence-corrected chi connectivity index (χ3v) is 6.07. The number of anilines is 1. The minimum Gasteiger partial charge on any atom is -0.335 e. The van der Waals surface area contributed by atoms with Gasteiger partial charge in [-0.05, 0) is 25.7 Å². The lowest BCUT2D eigenvalue weighted by molar-refractivity contribution is -0.121. The van der Waals surface area contributed by atoms with Gasteiger partial charge in [0.2, 0.25) is 11.0 Å². The molecule has 1 aromatic heterocycles. The van der Waals surface area contributed by atoms with E-state index >= 15 is 0 Å². The molecule has 1 atom stereocenters. The minimum absolute atomic E-state index is 0.0255. The van der Waals surface area contributed by atoms with Gasteiger partial charge in [-0.1, -0.05) is 38.0 Å². The van der Waals surface area contributed by atoms with Gasteiger partial charge in [0.05, 0.1) is 5.92 Å². The van der Waals surface area contributed by atoms with E-state index in [9.17, 15) is 9.59 Å². The zero-order valence-electron chi connectivity index (χ0n) is 15.0. The molecule has 1 saturated heterocycles. The molecule has 2 aliphatic rings. The van der Waals surface area contributed by atoms with Crippen LogP contribution in [0.3, 0.4) is 0 Å². The van der Waals surface area contributed by atoms with Crippen LogP contribution in [-0.4, -0.2) is 46.2 Å². The number of carbonyl (C=O) groups excluding carboxylic acids is 2. The number of rotatable bonds is 4. The SMILES string of the molecule is CC(C)c1nnc(NC(=O)[C@H]2CCCN(C(=O)NC3CCCC3)C2)s1. The van der Waals surface area contributed by atoms with Crippen LogP contribution in [0.5, 0.6) is 0 Å². The maximum absolute atomic E-state index is 12.5. The third-order valence-electron chi connectivity index (χ3n) is 4.93. The average molecular weight is 366 g/mol. The van der Waals surface area contributed by atoms with Crippen molar-refractivity contribution in [3.63, 3.8) is 0 Å². The van der Waals surface area contributed by atoms with Crippen LogP contribution in [0.1, 0.15) is 63.3 Å². The predicted octanol–water partition coefficient (Wildman–Crippen LogP) is 2.96. The lowest BCUT2D eigenvalue weighted by atomic mass is 9.97. The van der Waals surface area contributed by atoms with Gasteiger partial charge < -0.3 is 15.5 Å². The first kappa shape index (κ1) is 18.1. The molecule has 0 unspecified atom stereocenters. The molecule has 0 radical (unpaired) electrons. The Hall–Kier alpha value is -1.70. The molecule has 0 spiro atoms. The van der Waals surface area contributed by atoms with Crippen LogP contribution < -0.4 is 10.6 Å². The van der Waals surface area contributed by atoms with Crippen LogP contribution in [0.15, 0.2) is 0 Å². The van der Waals surface area contributed by atoms with Crippen molar-refractivity contribution in [2.45, 2.75) is 64.3 Å². The molecule has 2 heterocycles. The van der Waals surface area contributed by atoms with E-state index in [4.69, 9.17) is 0 Å². The zero-order valence-corrected chi connectivity index (χ0v) is 15.8. The average Bonchev–Trinajstić information content (AvgIpc) is 3.27. The highest BCUT2D eigenvalue weighted by atomic mass is 32.1. The van der Waals surface area contributed by atoms with Crippen LogP contribution in [0, 0.1) is 5.92 Å². The van der Waals surface area contributed by atoms with Crippen LogP contribution in [-0.2, 0) is 4.79 Å². The quantitative estimate of drug-likeness (QED) is 0.859. The van der Waals surface area contributed by atoms with E-state index in [-0.39, 0.29) is 17.9 Å². The van der Waals surface area contributed by atoms with E-state index in [1.165, 1.54) is 24.2 Å². The Morgan fingerprint density at radius 2 is 1.92 bits per heavy atom. The summed E-state index contributed by atoms with van der Waals surface area (Å²) in [6.45, 7) is 5.29. The molecule has 7 nitrogen and oxygen atoms in total. The molecule has 2 fully saturated rings. The molecule has 3 rings (SSSR count). The topological polar surface area (TPSA) is 87.2 Å². The maximum atomic E-state index is 12.5. The standard InChI is InChI=1S/C17H27N5O2S/c1-11(2)15-20-21-16(25-15)19-14(23)12-6-5-9-22(10-12)17(24)18-13-7-3-4-8-13/h11-13H,3-10H2,1-2H3,(H,18,24)(H,19,21,23)/t12-/m0/s1. The van der Waals surface area contributed by atoms with Crippen molar-refractivity contribution in [2.24, 2.45) is 5.92 Å². The second-order valence-electron chi connectivity index (χ2n) is 7.31. The molecule has 1 aromatic rings. The first-order valence-corrected chi connectivity index (χ1v) is 10.0. The Kier molecular flexibility index (Phi) is 5.88. The van der Waals surface area contributed by atoms with Crippen molar-refractivity contribution < 1.29 is 9.59 Å². The summed E-state index contributed by atoms with van der Waals surface area (Å²) in [5.41, 5.74) is 0. The molecule has 0 bridgehead atoms. The normalized spacial score (nSPS) is 21.6. The van der Waals surface area contributed by atoms with Gasteiger partial charge in [0.15, 0.2) is 0 Å². The first-order valence-electron chi connectivity index (χ1n) is 9.22. The molecule has 0 aromatic carbocycles. The monoisotopic (exact) mass is 365 g/mol. The van der Waals surface area contributed by atoms with Crippen molar-refractivity contribution in [1.29, 1.82) is 0 Å². The van der Waals surface area contributed by atoms with Crippen molar-refractivity contribution in [2.75, 3.05) is 18.4 Å². The summed E-state index contributed by atoms with van der Waals surface area (Å²) in [5, 5.41) is 15.6. The van der Waals surface area contributed by atoms with Gasteiger partial charge in [0.25, 0.3) is 0 Å². The summed E-state index contributed by atoms with van der Waals surface area (Å²) in [7, 11) is 0. The molecule has 1 saturated carbocycles. The number of urea groups is 1. The molecule has 8 heteroatoms. The van der Waals surface area contributed by atoms with Crippen LogP contribution in [0.2, 0.25) is 0 Å². The number of nitrogens with zero attached hydrogens (tertiary/aromatic N) is 3. The Labute approximate surface area is 152 Å². The Bertz CT molecular complexity index is 612. The van der Waals surface area contributed by atoms with Gasteiger partial charge in [-0.3, -0.25) is 4.79 Å². The second kappa shape index (κ2) is 8.12. The van der Waals surface area contributed by atoms with E-state index < -0.39 is 0 Å². The van der Waals surface area contributed by atoms with Crippen molar-refractivity contribution in [1.82, 2.24) is 20.4 Å². The van der Waals surface area contributed by atoms with E-state index in [1.807, 2.05) is 13.8 Å². The molecule has 1 aliphatic heterocycles. The summed E-state index contributed by atoms with van der Waals surface area (Å²) < 4.78 is 0. The van der Waals surface area contributed by atoms with Crippen molar-refractivity contribution >= 4 is 28.4 Å². The number of carbonyl (C=O) groups is 2. The maximum Gasteiger partial charge on any atom is 0.317 e. The highest BCUT2D eigenvalue weighted by Crippen LogP contribution is 2.25. The zero-order chi connectivity index (χ0) is 17.8. The Morgan fingerprint density at radius 3 is 2.60 bits per heavy atom. The number of aromatic nitrogens is 2. The van der Waals surface area contributed by atoms with Gasteiger partial charge in [0, 0.05) is 25.0 Å². The van der Waals surface area contributed by atoms with Gasteiger partial charge >= 0.3 is 6.03 Å². The fraction of sp³-hybridized carbons (Fsp3) is 0.765. The van der Waals surface area contributed by atoms with Gasteiger partial charge in [-0.15, -0.1) is 10.2 Å². The smallest absolute Gasteiger partial charge is 0.317 e. The first-order chi connectivity index (χ1) is 12.0. The number of hydrogen-bond donors (Lipinski definition) is 2. The summed E-state index contributed by atoms with van der Waals surface area (Å²) in [4.78, 5) is 26.7. The highest BCUT2D eigenvalue weighted by Gasteiger charge is 2.30. The van der Waals surface area contributed by atoms with Crippen molar-refractivity contribution in [3.05, 3.63) is 5.01 Å². The Balaban J connectivity index is 1.52. The van der Waals surface area contributed by atoms with Crippen molar-refractivity contribution in [3.8, 4) is 0 Å². The lowest BCUT2D eigenvalue weighted by Gasteiger charge is -2.32. The molecule has 1 aliphatic carbocycles. The third kappa shape index (κ3) is 4.68. The molecule has 3 amide bonds. The van der Waals surface area contributed by atoms with Crippen LogP contribution in [0.25, 0.3) is 0 Å². The molecule has 25 heavy (non-hydrogen) atoms. The minimum atomic E-state index is -0.186. The molecular formula is C17H27N5O2S. The van der Waals surface area contributed by atoms with Gasteiger partial charge in [-0.2, -0.15) is 0 Å². The van der Waals surface area contributed by atoms with Crippen LogP contribution in [0.4, 0.5) is 9.93 Å². The van der Waals surface area contributed by atoms with Gasteiger partial charge in [-0.25, -0.2) is 4.79 Å².